The number of piperazine rings is 1. The molecule has 0 aromatic heterocycles. The predicted octanol–water partition coefficient (Wildman–Crippen LogP) is 1.91. The summed E-state index contributed by atoms with van der Waals surface area (Å²) in [6.07, 6.45) is 0. The van der Waals surface area contributed by atoms with Gasteiger partial charge in [-0.05, 0) is 54.6 Å². The van der Waals surface area contributed by atoms with Crippen molar-refractivity contribution in [2.75, 3.05) is 25.0 Å². The van der Waals surface area contributed by atoms with Crippen LogP contribution < -0.4 is 10.6 Å². The van der Waals surface area contributed by atoms with Crippen LogP contribution in [0.3, 0.4) is 0 Å². The highest BCUT2D eigenvalue weighted by atomic mass is 127. The van der Waals surface area contributed by atoms with Gasteiger partial charge in [0.05, 0.1) is 6.54 Å². The van der Waals surface area contributed by atoms with E-state index in [0.717, 1.165) is 22.3 Å². The highest BCUT2D eigenvalue weighted by molar-refractivity contribution is 14.1. The fourth-order valence-corrected chi connectivity index (χ4v) is 2.81. The van der Waals surface area contributed by atoms with Crippen LogP contribution >= 0.6 is 22.6 Å². The van der Waals surface area contributed by atoms with Crippen molar-refractivity contribution in [3.8, 4) is 0 Å². The topological polar surface area (TPSA) is 44.4 Å². The fourth-order valence-electron chi connectivity index (χ4n) is 2.27. The van der Waals surface area contributed by atoms with Gasteiger partial charge in [0.1, 0.15) is 0 Å². The van der Waals surface area contributed by atoms with Crippen LogP contribution in [0.1, 0.15) is 13.8 Å². The van der Waals surface area contributed by atoms with E-state index in [-0.39, 0.29) is 5.91 Å². The van der Waals surface area contributed by atoms with Crippen molar-refractivity contribution >= 4 is 34.2 Å². The van der Waals surface area contributed by atoms with Crippen molar-refractivity contribution in [1.29, 1.82) is 0 Å². The Labute approximate surface area is 128 Å². The van der Waals surface area contributed by atoms with E-state index < -0.39 is 0 Å². The summed E-state index contributed by atoms with van der Waals surface area (Å²) in [4.78, 5) is 14.3. The van der Waals surface area contributed by atoms with Crippen molar-refractivity contribution in [2.24, 2.45) is 0 Å². The average molecular weight is 373 g/mol. The van der Waals surface area contributed by atoms with Gasteiger partial charge in [0.25, 0.3) is 0 Å². The number of nitrogens with one attached hydrogen (secondary N) is 2. The van der Waals surface area contributed by atoms with E-state index in [9.17, 15) is 4.79 Å². The Hall–Kier alpha value is -0.660. The van der Waals surface area contributed by atoms with Gasteiger partial charge in [0.15, 0.2) is 0 Å². The number of benzene rings is 1. The van der Waals surface area contributed by atoms with Crippen LogP contribution in [-0.2, 0) is 4.79 Å². The molecule has 0 spiro atoms. The first kappa shape index (κ1) is 14.7. The number of amides is 1. The zero-order valence-corrected chi connectivity index (χ0v) is 13.5. The largest absolute Gasteiger partial charge is 0.325 e. The molecule has 1 amide bonds. The third-order valence-electron chi connectivity index (χ3n) is 3.35. The van der Waals surface area contributed by atoms with Crippen molar-refractivity contribution in [2.45, 2.75) is 25.9 Å². The fraction of sp³-hybridized carbons (Fsp3) is 0.500. The maximum atomic E-state index is 12.1. The van der Waals surface area contributed by atoms with Crippen LogP contribution in [0.4, 0.5) is 5.69 Å². The molecule has 2 atom stereocenters. The molecule has 0 bridgehead atoms. The molecule has 104 valence electrons. The van der Waals surface area contributed by atoms with Crippen LogP contribution in [0.15, 0.2) is 24.3 Å². The number of hydrogen-bond acceptors (Lipinski definition) is 3. The van der Waals surface area contributed by atoms with Crippen molar-refractivity contribution in [3.63, 3.8) is 0 Å². The Kier molecular flexibility index (Phi) is 5.18. The lowest BCUT2D eigenvalue weighted by Gasteiger charge is -2.36. The van der Waals surface area contributed by atoms with E-state index in [1.807, 2.05) is 24.3 Å². The molecule has 1 aromatic rings. The van der Waals surface area contributed by atoms with Gasteiger partial charge in [-0.3, -0.25) is 9.69 Å². The molecule has 1 heterocycles. The molecule has 1 aliphatic heterocycles. The van der Waals surface area contributed by atoms with Crippen molar-refractivity contribution in [3.05, 3.63) is 27.8 Å². The van der Waals surface area contributed by atoms with Gasteiger partial charge >= 0.3 is 0 Å². The number of anilines is 1. The van der Waals surface area contributed by atoms with E-state index in [1.165, 1.54) is 0 Å². The first-order valence-corrected chi connectivity index (χ1v) is 7.65. The van der Waals surface area contributed by atoms with Crippen molar-refractivity contribution in [1.82, 2.24) is 10.2 Å². The summed E-state index contributed by atoms with van der Waals surface area (Å²) in [5, 5.41) is 6.38. The Bertz CT molecular complexity index is 452. The molecule has 0 saturated carbocycles. The van der Waals surface area contributed by atoms with E-state index in [2.05, 4.69) is 52.0 Å². The van der Waals surface area contributed by atoms with Crippen LogP contribution in [0.2, 0.25) is 0 Å². The summed E-state index contributed by atoms with van der Waals surface area (Å²) in [7, 11) is 0. The molecule has 1 fully saturated rings. The zero-order valence-electron chi connectivity index (χ0n) is 11.3. The molecule has 0 radical (unpaired) electrons. The van der Waals surface area contributed by atoms with Gasteiger partial charge < -0.3 is 10.6 Å². The number of hydrogen-bond donors (Lipinski definition) is 2. The minimum absolute atomic E-state index is 0.0583. The predicted molar refractivity (Wildman–Crippen MR) is 86.3 cm³/mol. The summed E-state index contributed by atoms with van der Waals surface area (Å²) in [6, 6.07) is 8.70. The number of carbonyl (C=O) groups is 1. The van der Waals surface area contributed by atoms with E-state index in [1.54, 1.807) is 0 Å². The van der Waals surface area contributed by atoms with Crippen molar-refractivity contribution < 1.29 is 4.79 Å². The molecule has 1 aliphatic rings. The minimum Gasteiger partial charge on any atom is -0.325 e. The normalized spacial score (nSPS) is 24.2. The maximum Gasteiger partial charge on any atom is 0.238 e. The van der Waals surface area contributed by atoms with Crippen LogP contribution in [0, 0.1) is 3.57 Å². The van der Waals surface area contributed by atoms with Crippen LogP contribution in [0.25, 0.3) is 0 Å². The second-order valence-corrected chi connectivity index (χ2v) is 6.39. The highest BCUT2D eigenvalue weighted by Crippen LogP contribution is 2.13. The van der Waals surface area contributed by atoms with E-state index in [0.29, 0.717) is 18.6 Å². The number of carbonyl (C=O) groups excluding carboxylic acids is 1. The third-order valence-corrected chi connectivity index (χ3v) is 4.02. The Balaban J connectivity index is 1.90. The van der Waals surface area contributed by atoms with E-state index in [4.69, 9.17) is 0 Å². The van der Waals surface area contributed by atoms with Gasteiger partial charge in [0, 0.05) is 34.4 Å². The highest BCUT2D eigenvalue weighted by Gasteiger charge is 2.23. The molecule has 19 heavy (non-hydrogen) atoms. The first-order valence-electron chi connectivity index (χ1n) is 6.57. The average Bonchev–Trinajstić information content (AvgIpc) is 2.34. The third kappa shape index (κ3) is 4.43. The van der Waals surface area contributed by atoms with Gasteiger partial charge in [-0.2, -0.15) is 0 Å². The molecule has 1 aromatic carbocycles. The SMILES string of the molecule is CC1CN(CC(=O)Nc2cccc(I)c2)C(C)CN1. The zero-order chi connectivity index (χ0) is 13.8. The molecule has 4 nitrogen and oxygen atoms in total. The van der Waals surface area contributed by atoms with E-state index >= 15 is 0 Å². The van der Waals surface area contributed by atoms with Gasteiger partial charge in [-0.15, -0.1) is 0 Å². The summed E-state index contributed by atoms with van der Waals surface area (Å²) in [5.41, 5.74) is 0.868. The Morgan fingerprint density at radius 2 is 2.32 bits per heavy atom. The summed E-state index contributed by atoms with van der Waals surface area (Å²) in [6.45, 7) is 6.62. The van der Waals surface area contributed by atoms with Crippen LogP contribution in [-0.4, -0.2) is 42.5 Å². The lowest BCUT2D eigenvalue weighted by Crippen LogP contribution is -2.55. The molecule has 5 heteroatoms. The van der Waals surface area contributed by atoms with Gasteiger partial charge in [-0.1, -0.05) is 6.07 Å². The molecule has 2 rings (SSSR count). The smallest absolute Gasteiger partial charge is 0.238 e. The van der Waals surface area contributed by atoms with Crippen LogP contribution in [0.5, 0.6) is 0 Å². The van der Waals surface area contributed by atoms with Gasteiger partial charge in [0.2, 0.25) is 5.91 Å². The van der Waals surface area contributed by atoms with Gasteiger partial charge in [-0.25, -0.2) is 0 Å². The summed E-state index contributed by atoms with van der Waals surface area (Å²) >= 11 is 2.24. The summed E-state index contributed by atoms with van der Waals surface area (Å²) in [5.74, 6) is 0.0583. The molecule has 1 saturated heterocycles. The molecule has 2 N–H and O–H groups in total. The number of nitrogens with zero attached hydrogens (tertiary/aromatic N) is 1. The number of halogens is 1. The standard InChI is InChI=1S/C14H20IN3O/c1-10-8-18(11(2)7-16-10)9-14(19)17-13-5-3-4-12(15)6-13/h3-6,10-11,16H,7-9H2,1-2H3,(H,17,19). The second-order valence-electron chi connectivity index (χ2n) is 5.15. The monoisotopic (exact) mass is 373 g/mol. The summed E-state index contributed by atoms with van der Waals surface area (Å²) < 4.78 is 1.12. The quantitative estimate of drug-likeness (QED) is 0.796. The molecular formula is C14H20IN3O. The number of rotatable bonds is 3. The maximum absolute atomic E-state index is 12.1. The molecule has 0 aliphatic carbocycles. The minimum atomic E-state index is 0.0583. The lowest BCUT2D eigenvalue weighted by molar-refractivity contribution is -0.118. The first-order chi connectivity index (χ1) is 9.04. The molecule has 2 unspecified atom stereocenters. The molecular weight excluding hydrogens is 353 g/mol. The second kappa shape index (κ2) is 6.67. The Morgan fingerprint density at radius 3 is 3.05 bits per heavy atom. The Morgan fingerprint density at radius 1 is 1.53 bits per heavy atom. The lowest BCUT2D eigenvalue weighted by atomic mass is 10.1.